The molecule has 3 rings (SSSR count). The third-order valence-electron chi connectivity index (χ3n) is 3.60. The number of carboxylic acid groups (broad SMARTS) is 1. The van der Waals surface area contributed by atoms with Crippen LogP contribution in [0, 0.1) is 0 Å². The molecule has 1 aromatic heterocycles. The second-order valence-corrected chi connectivity index (χ2v) is 5.05. The van der Waals surface area contributed by atoms with Gasteiger partial charge in [0.2, 0.25) is 0 Å². The highest BCUT2D eigenvalue weighted by Gasteiger charge is 2.16. The van der Waals surface area contributed by atoms with Crippen LogP contribution < -0.4 is 0 Å². The molecule has 2 aromatic rings. The minimum absolute atomic E-state index is 0.0523. The van der Waals surface area contributed by atoms with Gasteiger partial charge in [-0.15, -0.1) is 0 Å². The minimum atomic E-state index is -1.02. The smallest absolute Gasteiger partial charge is 0.356 e. The van der Waals surface area contributed by atoms with Crippen molar-refractivity contribution >= 4 is 11.8 Å². The highest BCUT2D eigenvalue weighted by atomic mass is 16.4. The number of hydrogen-bond acceptors (Lipinski definition) is 4. The Morgan fingerprint density at radius 2 is 1.86 bits per heavy atom. The lowest BCUT2D eigenvalue weighted by atomic mass is 10.1. The number of rotatable bonds is 3. The quantitative estimate of drug-likeness (QED) is 0.926. The number of carboxylic acids is 1. The van der Waals surface area contributed by atoms with Crippen LogP contribution in [0.15, 0.2) is 35.3 Å². The first-order valence-corrected chi connectivity index (χ1v) is 6.70. The number of nitrogens with zero attached hydrogens (tertiary/aromatic N) is 4. The van der Waals surface area contributed by atoms with Gasteiger partial charge < -0.3 is 10.0 Å². The number of benzene rings is 1. The molecule has 0 radical (unpaired) electrons. The van der Waals surface area contributed by atoms with Crippen molar-refractivity contribution in [2.75, 3.05) is 20.1 Å². The summed E-state index contributed by atoms with van der Waals surface area (Å²) >= 11 is 0. The number of hydrogen-bond donors (Lipinski definition) is 1. The zero-order valence-electron chi connectivity index (χ0n) is 11.9. The predicted octanol–water partition coefficient (Wildman–Crippen LogP) is 1.48. The Bertz CT molecular complexity index is 716. The van der Waals surface area contributed by atoms with Crippen LogP contribution >= 0.6 is 0 Å². The molecule has 21 heavy (non-hydrogen) atoms. The Morgan fingerprint density at radius 3 is 2.38 bits per heavy atom. The van der Waals surface area contributed by atoms with Gasteiger partial charge in [-0.3, -0.25) is 9.67 Å². The van der Waals surface area contributed by atoms with Crippen molar-refractivity contribution in [3.8, 4) is 11.3 Å². The minimum Gasteiger partial charge on any atom is -0.476 e. The Morgan fingerprint density at radius 1 is 1.19 bits per heavy atom. The van der Waals surface area contributed by atoms with Crippen molar-refractivity contribution in [2.45, 2.75) is 0 Å². The second kappa shape index (κ2) is 5.05. The fraction of sp³-hybridized carbons (Fsp3) is 0.267. The van der Waals surface area contributed by atoms with E-state index >= 15 is 0 Å². The average molecular weight is 284 g/mol. The van der Waals surface area contributed by atoms with Crippen molar-refractivity contribution in [1.82, 2.24) is 14.7 Å². The van der Waals surface area contributed by atoms with E-state index in [4.69, 9.17) is 5.11 Å². The highest BCUT2D eigenvalue weighted by molar-refractivity contribution is 6.00. The Hall–Kier alpha value is -2.63. The standard InChI is InChI=1S/C15H16N4O2/c1-18-8-7-16-14(18)11-5-3-10(4-6-11)13-9-12(15(20)21)17-19(13)2/h3-6,9H,7-8H2,1-2H3,(H,20,21). The van der Waals surface area contributed by atoms with Crippen molar-refractivity contribution in [2.24, 2.45) is 12.0 Å². The summed E-state index contributed by atoms with van der Waals surface area (Å²) in [5, 5.41) is 13.0. The first-order chi connectivity index (χ1) is 10.1. The highest BCUT2D eigenvalue weighted by Crippen LogP contribution is 2.21. The fourth-order valence-electron chi connectivity index (χ4n) is 2.48. The van der Waals surface area contributed by atoms with Crippen molar-refractivity contribution in [3.05, 3.63) is 41.6 Å². The zero-order valence-corrected chi connectivity index (χ0v) is 11.9. The summed E-state index contributed by atoms with van der Waals surface area (Å²) in [7, 11) is 3.77. The first-order valence-electron chi connectivity index (χ1n) is 6.70. The number of aryl methyl sites for hydroxylation is 1. The number of aromatic carboxylic acids is 1. The predicted molar refractivity (Wildman–Crippen MR) is 79.6 cm³/mol. The van der Waals surface area contributed by atoms with Crippen molar-refractivity contribution in [3.63, 3.8) is 0 Å². The van der Waals surface area contributed by atoms with E-state index in [1.54, 1.807) is 17.8 Å². The molecule has 0 saturated heterocycles. The van der Waals surface area contributed by atoms with E-state index in [1.165, 1.54) is 0 Å². The lowest BCUT2D eigenvalue weighted by molar-refractivity contribution is 0.0689. The van der Waals surface area contributed by atoms with Gasteiger partial charge in [0.25, 0.3) is 0 Å². The van der Waals surface area contributed by atoms with E-state index in [0.29, 0.717) is 0 Å². The van der Waals surface area contributed by atoms with E-state index in [1.807, 2.05) is 31.3 Å². The molecule has 6 heteroatoms. The van der Waals surface area contributed by atoms with Gasteiger partial charge in [0.15, 0.2) is 5.69 Å². The summed E-state index contributed by atoms with van der Waals surface area (Å²) in [6.45, 7) is 1.78. The van der Waals surface area contributed by atoms with Gasteiger partial charge in [-0.1, -0.05) is 24.3 Å². The van der Waals surface area contributed by atoms with E-state index < -0.39 is 5.97 Å². The third-order valence-corrected chi connectivity index (χ3v) is 3.60. The molecule has 0 bridgehead atoms. The molecule has 1 aromatic carbocycles. The molecule has 0 amide bonds. The first kappa shape index (κ1) is 13.4. The molecule has 0 atom stereocenters. The third kappa shape index (κ3) is 2.40. The van der Waals surface area contributed by atoms with Gasteiger partial charge >= 0.3 is 5.97 Å². The lowest BCUT2D eigenvalue weighted by Crippen LogP contribution is -2.23. The number of aromatic nitrogens is 2. The largest absolute Gasteiger partial charge is 0.476 e. The molecule has 108 valence electrons. The van der Waals surface area contributed by atoms with Crippen LogP contribution in [0.3, 0.4) is 0 Å². The van der Waals surface area contributed by atoms with Gasteiger partial charge in [0.05, 0.1) is 12.2 Å². The van der Waals surface area contributed by atoms with E-state index in [0.717, 1.165) is 35.7 Å². The average Bonchev–Trinajstić information content (AvgIpc) is 3.05. The van der Waals surface area contributed by atoms with Gasteiger partial charge in [0, 0.05) is 26.2 Å². The normalized spacial score (nSPS) is 14.4. The molecule has 0 aliphatic carbocycles. The Balaban J connectivity index is 1.92. The number of carbonyl (C=O) groups is 1. The summed E-state index contributed by atoms with van der Waals surface area (Å²) in [6.07, 6.45) is 0. The van der Waals surface area contributed by atoms with Gasteiger partial charge in [-0.2, -0.15) is 5.10 Å². The second-order valence-electron chi connectivity index (χ2n) is 5.05. The summed E-state index contributed by atoms with van der Waals surface area (Å²) in [5.74, 6) is -0.0202. The van der Waals surface area contributed by atoms with E-state index in [9.17, 15) is 4.79 Å². The molecular weight excluding hydrogens is 268 g/mol. The van der Waals surface area contributed by atoms with Crippen molar-refractivity contribution < 1.29 is 9.90 Å². The fourth-order valence-corrected chi connectivity index (χ4v) is 2.48. The molecule has 2 heterocycles. The Labute approximate surface area is 122 Å². The molecule has 0 spiro atoms. The molecule has 1 aliphatic heterocycles. The molecular formula is C15H16N4O2. The van der Waals surface area contributed by atoms with Crippen LogP contribution in [0.2, 0.25) is 0 Å². The van der Waals surface area contributed by atoms with Crippen LogP contribution in [0.4, 0.5) is 0 Å². The molecule has 0 fully saturated rings. The van der Waals surface area contributed by atoms with Gasteiger partial charge in [-0.25, -0.2) is 4.79 Å². The maximum Gasteiger partial charge on any atom is 0.356 e. The SMILES string of the molecule is CN1CCN=C1c1ccc(-c2cc(C(=O)O)nn2C)cc1. The number of likely N-dealkylation sites (N-methyl/N-ethyl adjacent to an activating group) is 1. The van der Waals surface area contributed by atoms with E-state index in [2.05, 4.69) is 15.0 Å². The van der Waals surface area contributed by atoms with Gasteiger partial charge in [0.1, 0.15) is 5.84 Å². The van der Waals surface area contributed by atoms with Crippen molar-refractivity contribution in [1.29, 1.82) is 0 Å². The molecule has 0 saturated carbocycles. The molecule has 0 unspecified atom stereocenters. The summed E-state index contributed by atoms with van der Waals surface area (Å²) in [4.78, 5) is 17.6. The van der Waals surface area contributed by atoms with Crippen LogP contribution in [0.5, 0.6) is 0 Å². The summed E-state index contributed by atoms with van der Waals surface area (Å²) < 4.78 is 1.58. The lowest BCUT2D eigenvalue weighted by Gasteiger charge is -2.14. The number of amidine groups is 1. The summed E-state index contributed by atoms with van der Waals surface area (Å²) in [5.41, 5.74) is 2.83. The molecule has 1 N–H and O–H groups in total. The molecule has 6 nitrogen and oxygen atoms in total. The van der Waals surface area contributed by atoms with Crippen LogP contribution in [0.25, 0.3) is 11.3 Å². The summed E-state index contributed by atoms with van der Waals surface area (Å²) in [6, 6.07) is 9.52. The Kier molecular flexibility index (Phi) is 3.21. The van der Waals surface area contributed by atoms with Crippen LogP contribution in [0.1, 0.15) is 16.1 Å². The topological polar surface area (TPSA) is 70.7 Å². The van der Waals surface area contributed by atoms with Crippen LogP contribution in [-0.4, -0.2) is 51.7 Å². The maximum absolute atomic E-state index is 11.0. The van der Waals surface area contributed by atoms with Gasteiger partial charge in [-0.05, 0) is 11.6 Å². The monoisotopic (exact) mass is 284 g/mol. The van der Waals surface area contributed by atoms with E-state index in [-0.39, 0.29) is 5.69 Å². The van der Waals surface area contributed by atoms with Crippen LogP contribution in [-0.2, 0) is 7.05 Å². The number of aliphatic imine (C=N–C) groups is 1. The maximum atomic E-state index is 11.0. The zero-order chi connectivity index (χ0) is 15.0. The molecule has 1 aliphatic rings.